The van der Waals surface area contributed by atoms with Crippen molar-refractivity contribution in [2.24, 2.45) is 11.8 Å². The first-order chi connectivity index (χ1) is 10.3. The number of carbonyl (C=O) groups excluding carboxylic acids is 2. The van der Waals surface area contributed by atoms with Crippen LogP contribution in [0.2, 0.25) is 0 Å². The Balaban J connectivity index is 4.91. The van der Waals surface area contributed by atoms with Crippen LogP contribution in [0.4, 0.5) is 0 Å². The van der Waals surface area contributed by atoms with Crippen molar-refractivity contribution in [3.63, 3.8) is 0 Å². The maximum atomic E-state index is 12.2. The molecule has 2 unspecified atom stereocenters. The van der Waals surface area contributed by atoms with Gasteiger partial charge in [-0.15, -0.1) is 0 Å². The predicted octanol–water partition coefficient (Wildman–Crippen LogP) is 2.20. The largest absolute Gasteiger partial charge is 0.463 e. The SMILES string of the molecule is CCOC(C(=O)OCC(C)C)C(OCC)C(=O)OCC(C)C. The molecule has 0 N–H and O–H groups in total. The summed E-state index contributed by atoms with van der Waals surface area (Å²) in [5.74, 6) is -0.805. The van der Waals surface area contributed by atoms with Gasteiger partial charge in [0.2, 0.25) is 0 Å². The van der Waals surface area contributed by atoms with Gasteiger partial charge < -0.3 is 18.9 Å². The third kappa shape index (κ3) is 8.34. The van der Waals surface area contributed by atoms with Crippen molar-refractivity contribution >= 4 is 11.9 Å². The molecule has 0 saturated carbocycles. The molecule has 6 nitrogen and oxygen atoms in total. The van der Waals surface area contributed by atoms with Crippen molar-refractivity contribution in [3.05, 3.63) is 0 Å². The first kappa shape index (κ1) is 20.9. The van der Waals surface area contributed by atoms with Gasteiger partial charge in [0.1, 0.15) is 0 Å². The molecule has 0 amide bonds. The van der Waals surface area contributed by atoms with Crippen LogP contribution in [0.15, 0.2) is 0 Å². The minimum Gasteiger partial charge on any atom is -0.463 e. The molecule has 22 heavy (non-hydrogen) atoms. The van der Waals surface area contributed by atoms with Gasteiger partial charge in [0, 0.05) is 13.2 Å². The van der Waals surface area contributed by atoms with Crippen LogP contribution < -0.4 is 0 Å². The van der Waals surface area contributed by atoms with E-state index in [0.29, 0.717) is 0 Å². The van der Waals surface area contributed by atoms with E-state index < -0.39 is 24.1 Å². The molecule has 0 aromatic rings. The molecule has 0 aromatic heterocycles. The van der Waals surface area contributed by atoms with E-state index in [-0.39, 0.29) is 38.3 Å². The highest BCUT2D eigenvalue weighted by Gasteiger charge is 2.38. The summed E-state index contributed by atoms with van der Waals surface area (Å²) >= 11 is 0. The first-order valence-corrected chi connectivity index (χ1v) is 7.89. The lowest BCUT2D eigenvalue weighted by Gasteiger charge is -2.24. The van der Waals surface area contributed by atoms with Crippen molar-refractivity contribution in [3.8, 4) is 0 Å². The lowest BCUT2D eigenvalue weighted by Crippen LogP contribution is -2.46. The van der Waals surface area contributed by atoms with Crippen molar-refractivity contribution in [1.29, 1.82) is 0 Å². The minimum atomic E-state index is -1.11. The summed E-state index contributed by atoms with van der Waals surface area (Å²) in [6, 6.07) is 0. The van der Waals surface area contributed by atoms with E-state index in [1.807, 2.05) is 27.7 Å². The van der Waals surface area contributed by atoms with Gasteiger partial charge in [0.05, 0.1) is 13.2 Å². The van der Waals surface area contributed by atoms with Crippen LogP contribution in [0.3, 0.4) is 0 Å². The summed E-state index contributed by atoms with van der Waals surface area (Å²) < 4.78 is 21.1. The molecule has 0 aliphatic heterocycles. The molecule has 2 atom stereocenters. The third-order valence-electron chi connectivity index (χ3n) is 2.55. The number of hydrogen-bond donors (Lipinski definition) is 0. The van der Waals surface area contributed by atoms with Gasteiger partial charge in [0.15, 0.2) is 12.2 Å². The molecule has 0 aromatic carbocycles. The van der Waals surface area contributed by atoms with Crippen molar-refractivity contribution in [2.75, 3.05) is 26.4 Å². The molecule has 0 aliphatic rings. The molecular weight excluding hydrogens is 288 g/mol. The monoisotopic (exact) mass is 318 g/mol. The summed E-state index contributed by atoms with van der Waals surface area (Å²) in [7, 11) is 0. The third-order valence-corrected chi connectivity index (χ3v) is 2.55. The maximum Gasteiger partial charge on any atom is 0.338 e. The summed E-state index contributed by atoms with van der Waals surface area (Å²) in [5, 5.41) is 0. The number of esters is 2. The second-order valence-electron chi connectivity index (χ2n) is 5.80. The van der Waals surface area contributed by atoms with Crippen molar-refractivity contribution in [1.82, 2.24) is 0 Å². The molecule has 0 radical (unpaired) electrons. The Hall–Kier alpha value is -1.14. The normalized spacial score (nSPS) is 14.0. The average Bonchev–Trinajstić information content (AvgIpc) is 2.45. The van der Waals surface area contributed by atoms with E-state index in [0.717, 1.165) is 0 Å². The van der Waals surface area contributed by atoms with Crippen LogP contribution in [0.25, 0.3) is 0 Å². The maximum absolute atomic E-state index is 12.2. The van der Waals surface area contributed by atoms with E-state index in [9.17, 15) is 9.59 Å². The molecular formula is C16H30O6. The average molecular weight is 318 g/mol. The minimum absolute atomic E-state index is 0.199. The number of rotatable bonds is 11. The highest BCUT2D eigenvalue weighted by atomic mass is 16.6. The quantitative estimate of drug-likeness (QED) is 0.544. The van der Waals surface area contributed by atoms with Crippen LogP contribution in [-0.4, -0.2) is 50.6 Å². The van der Waals surface area contributed by atoms with Crippen LogP contribution >= 0.6 is 0 Å². The van der Waals surface area contributed by atoms with Gasteiger partial charge in [-0.05, 0) is 25.7 Å². The lowest BCUT2D eigenvalue weighted by molar-refractivity contribution is -0.183. The van der Waals surface area contributed by atoms with E-state index in [1.54, 1.807) is 13.8 Å². The number of carbonyl (C=O) groups is 2. The zero-order valence-corrected chi connectivity index (χ0v) is 14.6. The highest BCUT2D eigenvalue weighted by molar-refractivity contribution is 5.85. The summed E-state index contributed by atoms with van der Waals surface area (Å²) in [4.78, 5) is 24.3. The molecule has 0 aliphatic carbocycles. The van der Waals surface area contributed by atoms with E-state index in [4.69, 9.17) is 18.9 Å². The van der Waals surface area contributed by atoms with Gasteiger partial charge in [-0.3, -0.25) is 0 Å². The zero-order chi connectivity index (χ0) is 17.1. The van der Waals surface area contributed by atoms with Gasteiger partial charge in [0.25, 0.3) is 0 Å². The Bertz CT molecular complexity index is 295. The zero-order valence-electron chi connectivity index (χ0n) is 14.6. The highest BCUT2D eigenvalue weighted by Crippen LogP contribution is 2.11. The predicted molar refractivity (Wildman–Crippen MR) is 82.4 cm³/mol. The fourth-order valence-corrected chi connectivity index (χ4v) is 1.58. The van der Waals surface area contributed by atoms with E-state index in [1.165, 1.54) is 0 Å². The number of ether oxygens (including phenoxy) is 4. The van der Waals surface area contributed by atoms with Gasteiger partial charge in [-0.2, -0.15) is 0 Å². The van der Waals surface area contributed by atoms with Gasteiger partial charge in [-0.1, -0.05) is 27.7 Å². The van der Waals surface area contributed by atoms with Crippen LogP contribution in [-0.2, 0) is 28.5 Å². The summed E-state index contributed by atoms with van der Waals surface area (Å²) in [6.07, 6.45) is -2.22. The Morgan fingerprint density at radius 1 is 0.727 bits per heavy atom. The standard InChI is InChI=1S/C16H30O6/c1-7-19-13(15(17)21-9-11(3)4)14(20-8-2)16(18)22-10-12(5)6/h11-14H,7-10H2,1-6H3. The fourth-order valence-electron chi connectivity index (χ4n) is 1.58. The van der Waals surface area contributed by atoms with Crippen molar-refractivity contribution < 1.29 is 28.5 Å². The summed E-state index contributed by atoms with van der Waals surface area (Å²) in [6.45, 7) is 12.3. The van der Waals surface area contributed by atoms with E-state index >= 15 is 0 Å². The summed E-state index contributed by atoms with van der Waals surface area (Å²) in [5.41, 5.74) is 0. The molecule has 0 bridgehead atoms. The second-order valence-corrected chi connectivity index (χ2v) is 5.80. The smallest absolute Gasteiger partial charge is 0.338 e. The second kappa shape index (κ2) is 11.4. The van der Waals surface area contributed by atoms with E-state index in [2.05, 4.69) is 0 Å². The molecule has 130 valence electrons. The Morgan fingerprint density at radius 2 is 1.05 bits per heavy atom. The van der Waals surface area contributed by atoms with Crippen LogP contribution in [0.1, 0.15) is 41.5 Å². The molecule has 6 heteroatoms. The molecule has 0 fully saturated rings. The van der Waals surface area contributed by atoms with Gasteiger partial charge >= 0.3 is 11.9 Å². The molecule has 0 rings (SSSR count). The Morgan fingerprint density at radius 3 is 1.27 bits per heavy atom. The molecule has 0 saturated heterocycles. The first-order valence-electron chi connectivity index (χ1n) is 7.89. The van der Waals surface area contributed by atoms with Gasteiger partial charge in [-0.25, -0.2) is 9.59 Å². The molecule has 0 heterocycles. The Labute approximate surface area is 133 Å². The fraction of sp³-hybridized carbons (Fsp3) is 0.875. The van der Waals surface area contributed by atoms with Crippen LogP contribution in [0, 0.1) is 11.8 Å². The Kier molecular flexibility index (Phi) is 10.8. The topological polar surface area (TPSA) is 71.1 Å². The number of hydrogen-bond acceptors (Lipinski definition) is 6. The van der Waals surface area contributed by atoms with Crippen LogP contribution in [0.5, 0.6) is 0 Å². The van der Waals surface area contributed by atoms with Crippen molar-refractivity contribution in [2.45, 2.75) is 53.8 Å². The molecule has 0 spiro atoms. The lowest BCUT2D eigenvalue weighted by atomic mass is 10.2.